The molecule has 1 fully saturated rings. The summed E-state index contributed by atoms with van der Waals surface area (Å²) in [6, 6.07) is 2.03. The maximum absolute atomic E-state index is 6.37. The van der Waals surface area contributed by atoms with E-state index >= 15 is 0 Å². The number of hydrogen-bond acceptors (Lipinski definition) is 4. The molecule has 0 aliphatic carbocycles. The van der Waals surface area contributed by atoms with Crippen molar-refractivity contribution in [1.82, 2.24) is 10.2 Å². The van der Waals surface area contributed by atoms with Crippen molar-refractivity contribution < 1.29 is 9.47 Å². The quantitative estimate of drug-likeness (QED) is 0.906. The zero-order chi connectivity index (χ0) is 15.4. The van der Waals surface area contributed by atoms with Crippen LogP contribution in [0.15, 0.2) is 6.07 Å². The van der Waals surface area contributed by atoms with E-state index in [0.717, 1.165) is 38.5 Å². The molecule has 0 spiro atoms. The fourth-order valence-electron chi connectivity index (χ4n) is 2.94. The van der Waals surface area contributed by atoms with E-state index < -0.39 is 0 Å². The van der Waals surface area contributed by atoms with Crippen LogP contribution in [0, 0.1) is 0 Å². The van der Waals surface area contributed by atoms with Gasteiger partial charge in [0.2, 0.25) is 0 Å². The first-order chi connectivity index (χ1) is 10.1. The van der Waals surface area contributed by atoms with Crippen molar-refractivity contribution in [3.05, 3.63) is 22.2 Å². The molecule has 1 aliphatic heterocycles. The highest BCUT2D eigenvalue weighted by Gasteiger charge is 2.22. The predicted octanol–water partition coefficient (Wildman–Crippen LogP) is 2.89. The zero-order valence-corrected chi connectivity index (χ0v) is 14.1. The Balaban J connectivity index is 2.40. The van der Waals surface area contributed by atoms with Gasteiger partial charge in [0.15, 0.2) is 11.5 Å². The molecule has 1 N–H and O–H groups in total. The molecular formula is C16H25ClN2O2. The van der Waals surface area contributed by atoms with Gasteiger partial charge in [-0.2, -0.15) is 0 Å². The summed E-state index contributed by atoms with van der Waals surface area (Å²) < 4.78 is 11.0. The van der Waals surface area contributed by atoms with Gasteiger partial charge in [-0.25, -0.2) is 0 Å². The number of nitrogens with zero attached hydrogens (tertiary/aromatic N) is 1. The van der Waals surface area contributed by atoms with E-state index in [1.165, 1.54) is 11.1 Å². The van der Waals surface area contributed by atoms with Crippen molar-refractivity contribution in [3.8, 4) is 11.5 Å². The largest absolute Gasteiger partial charge is 0.492 e. The van der Waals surface area contributed by atoms with Gasteiger partial charge < -0.3 is 14.8 Å². The molecule has 1 aromatic carbocycles. The molecule has 0 radical (unpaired) electrons. The minimum Gasteiger partial charge on any atom is -0.492 e. The Bertz CT molecular complexity index is 486. The average molecular weight is 313 g/mol. The second kappa shape index (κ2) is 7.34. The molecule has 1 aliphatic rings. The molecule has 118 valence electrons. The summed E-state index contributed by atoms with van der Waals surface area (Å²) in [7, 11) is 3.30. The summed E-state index contributed by atoms with van der Waals surface area (Å²) in [5, 5.41) is 3.99. The van der Waals surface area contributed by atoms with E-state index in [1.807, 2.05) is 6.07 Å². The molecule has 1 aromatic rings. The van der Waals surface area contributed by atoms with Crippen LogP contribution in [0.3, 0.4) is 0 Å². The van der Waals surface area contributed by atoms with Crippen LogP contribution in [-0.2, 0) is 6.54 Å². The lowest BCUT2D eigenvalue weighted by Crippen LogP contribution is -2.43. The van der Waals surface area contributed by atoms with Crippen molar-refractivity contribution in [2.75, 3.05) is 40.4 Å². The van der Waals surface area contributed by atoms with Crippen LogP contribution in [0.1, 0.15) is 30.9 Å². The molecule has 2 rings (SSSR count). The van der Waals surface area contributed by atoms with Crippen LogP contribution >= 0.6 is 11.6 Å². The number of rotatable bonds is 5. The van der Waals surface area contributed by atoms with Crippen molar-refractivity contribution in [1.29, 1.82) is 0 Å². The van der Waals surface area contributed by atoms with Crippen molar-refractivity contribution in [2.24, 2.45) is 0 Å². The van der Waals surface area contributed by atoms with Crippen molar-refractivity contribution >= 4 is 11.6 Å². The van der Waals surface area contributed by atoms with E-state index in [9.17, 15) is 0 Å². The Morgan fingerprint density at radius 1 is 1.19 bits per heavy atom. The van der Waals surface area contributed by atoms with E-state index in [2.05, 4.69) is 24.1 Å². The monoisotopic (exact) mass is 312 g/mol. The third-order valence-electron chi connectivity index (χ3n) is 3.90. The highest BCUT2D eigenvalue weighted by molar-refractivity contribution is 6.32. The van der Waals surface area contributed by atoms with E-state index in [4.69, 9.17) is 21.1 Å². The number of methoxy groups -OCH3 is 2. The molecule has 4 nitrogen and oxygen atoms in total. The number of benzene rings is 1. The van der Waals surface area contributed by atoms with Crippen LogP contribution in [0.5, 0.6) is 11.5 Å². The van der Waals surface area contributed by atoms with Gasteiger partial charge in [0.1, 0.15) is 0 Å². The van der Waals surface area contributed by atoms with Crippen molar-refractivity contribution in [2.45, 2.75) is 26.3 Å². The lowest BCUT2D eigenvalue weighted by atomic mass is 9.94. The second-order valence-electron chi connectivity index (χ2n) is 5.68. The Morgan fingerprint density at radius 3 is 2.33 bits per heavy atom. The highest BCUT2D eigenvalue weighted by Crippen LogP contribution is 2.43. The van der Waals surface area contributed by atoms with E-state index in [1.54, 1.807) is 14.2 Å². The summed E-state index contributed by atoms with van der Waals surface area (Å²) in [5.74, 6) is 1.75. The van der Waals surface area contributed by atoms with Gasteiger partial charge in [0.05, 0.1) is 19.2 Å². The summed E-state index contributed by atoms with van der Waals surface area (Å²) in [6.07, 6.45) is 0. The summed E-state index contributed by atoms with van der Waals surface area (Å²) in [5.41, 5.74) is 2.42. The lowest BCUT2D eigenvalue weighted by Gasteiger charge is -2.29. The highest BCUT2D eigenvalue weighted by atomic mass is 35.5. The fraction of sp³-hybridized carbons (Fsp3) is 0.625. The number of nitrogens with one attached hydrogen (secondary N) is 1. The Labute approximate surface area is 132 Å². The first-order valence-corrected chi connectivity index (χ1v) is 7.82. The Morgan fingerprint density at radius 2 is 1.81 bits per heavy atom. The van der Waals surface area contributed by atoms with Gasteiger partial charge in [0.25, 0.3) is 0 Å². The van der Waals surface area contributed by atoms with Crippen LogP contribution in [0.4, 0.5) is 0 Å². The van der Waals surface area contributed by atoms with Crippen LogP contribution < -0.4 is 14.8 Å². The number of hydrogen-bond donors (Lipinski definition) is 1. The summed E-state index contributed by atoms with van der Waals surface area (Å²) >= 11 is 6.37. The molecule has 1 heterocycles. The minimum atomic E-state index is 0.351. The Hall–Kier alpha value is -0.970. The molecule has 0 bridgehead atoms. The molecular weight excluding hydrogens is 288 g/mol. The molecule has 0 aromatic heterocycles. The number of ether oxygens (including phenoxy) is 2. The maximum atomic E-state index is 6.37. The van der Waals surface area contributed by atoms with Gasteiger partial charge in [-0.3, -0.25) is 4.90 Å². The summed E-state index contributed by atoms with van der Waals surface area (Å²) in [4.78, 5) is 2.44. The first-order valence-electron chi connectivity index (χ1n) is 7.44. The summed E-state index contributed by atoms with van der Waals surface area (Å²) in [6.45, 7) is 9.44. The second-order valence-corrected chi connectivity index (χ2v) is 6.09. The van der Waals surface area contributed by atoms with Gasteiger partial charge in [-0.05, 0) is 17.5 Å². The van der Waals surface area contributed by atoms with Crippen LogP contribution in [0.2, 0.25) is 5.02 Å². The lowest BCUT2D eigenvalue weighted by molar-refractivity contribution is 0.231. The normalized spacial score (nSPS) is 16.3. The molecule has 5 heteroatoms. The third kappa shape index (κ3) is 3.62. The van der Waals surface area contributed by atoms with Crippen molar-refractivity contribution in [3.63, 3.8) is 0 Å². The SMILES string of the molecule is COc1c(Cl)cc(CN2CCNCC2)c(C(C)C)c1OC. The third-order valence-corrected chi connectivity index (χ3v) is 4.18. The first kappa shape index (κ1) is 16.4. The molecule has 0 unspecified atom stereocenters. The average Bonchev–Trinajstić information content (AvgIpc) is 2.47. The minimum absolute atomic E-state index is 0.351. The number of halogens is 1. The standard InChI is InChI=1S/C16H25ClN2O2/c1-11(2)14-12(10-19-7-5-18-6-8-19)9-13(17)15(20-3)16(14)21-4/h9,11,18H,5-8,10H2,1-4H3. The van der Waals surface area contributed by atoms with E-state index in [-0.39, 0.29) is 0 Å². The molecule has 0 saturated carbocycles. The molecule has 21 heavy (non-hydrogen) atoms. The predicted molar refractivity (Wildman–Crippen MR) is 86.8 cm³/mol. The van der Waals surface area contributed by atoms with Crippen LogP contribution in [0.25, 0.3) is 0 Å². The van der Waals surface area contributed by atoms with Gasteiger partial charge in [0, 0.05) is 38.3 Å². The molecule has 0 atom stereocenters. The van der Waals surface area contributed by atoms with Crippen LogP contribution in [-0.4, -0.2) is 45.3 Å². The molecule has 1 saturated heterocycles. The smallest absolute Gasteiger partial charge is 0.179 e. The van der Waals surface area contributed by atoms with Gasteiger partial charge >= 0.3 is 0 Å². The maximum Gasteiger partial charge on any atom is 0.179 e. The zero-order valence-electron chi connectivity index (χ0n) is 13.3. The van der Waals surface area contributed by atoms with Gasteiger partial charge in [-0.15, -0.1) is 0 Å². The molecule has 0 amide bonds. The van der Waals surface area contributed by atoms with E-state index in [0.29, 0.717) is 16.7 Å². The van der Waals surface area contributed by atoms with Gasteiger partial charge in [-0.1, -0.05) is 25.4 Å². The number of piperazine rings is 1. The topological polar surface area (TPSA) is 33.7 Å². The fourth-order valence-corrected chi connectivity index (χ4v) is 3.23. The Kier molecular flexibility index (Phi) is 5.73.